The second kappa shape index (κ2) is 23.0. The van der Waals surface area contributed by atoms with Crippen LogP contribution in [0.1, 0.15) is 40.7 Å². The van der Waals surface area contributed by atoms with Gasteiger partial charge in [0.1, 0.15) is 12.3 Å². The lowest BCUT2D eigenvalue weighted by molar-refractivity contribution is -0.139. The van der Waals surface area contributed by atoms with Crippen molar-refractivity contribution in [1.82, 2.24) is 0 Å². The Morgan fingerprint density at radius 1 is 0.651 bits per heavy atom. The number of carboxylic acids is 2. The minimum absolute atomic E-state index is 0.112. The SMILES string of the molecule is NCCCCC(N)C(=O)O.NCCc1ccccc1.O=C(O)Cc1ccccc1.O=Cc1ccc(-c2ccccc2)cc1. The first-order valence-electron chi connectivity index (χ1n) is 14.1. The van der Waals surface area contributed by atoms with Gasteiger partial charge in [0.05, 0.1) is 6.42 Å². The summed E-state index contributed by atoms with van der Waals surface area (Å²) in [5.41, 5.74) is 21.0. The van der Waals surface area contributed by atoms with Gasteiger partial charge in [-0.1, -0.05) is 122 Å². The Balaban J connectivity index is 0.000000292. The predicted molar refractivity (Wildman–Crippen MR) is 173 cm³/mol. The Morgan fingerprint density at radius 2 is 1.14 bits per heavy atom. The van der Waals surface area contributed by atoms with Crippen molar-refractivity contribution in [2.75, 3.05) is 13.1 Å². The lowest BCUT2D eigenvalue weighted by Gasteiger charge is -2.03. The van der Waals surface area contributed by atoms with Gasteiger partial charge in [-0.3, -0.25) is 14.4 Å². The van der Waals surface area contributed by atoms with E-state index < -0.39 is 18.0 Å². The Morgan fingerprint density at radius 3 is 1.58 bits per heavy atom. The topological polar surface area (TPSA) is 170 Å². The van der Waals surface area contributed by atoms with Gasteiger partial charge in [-0.2, -0.15) is 0 Å². The molecule has 0 amide bonds. The molecule has 0 fully saturated rings. The largest absolute Gasteiger partial charge is 0.481 e. The minimum Gasteiger partial charge on any atom is -0.481 e. The van der Waals surface area contributed by atoms with E-state index in [0.29, 0.717) is 18.5 Å². The molecule has 0 spiro atoms. The zero-order chi connectivity index (χ0) is 31.7. The third-order valence-corrected chi connectivity index (χ3v) is 5.91. The minimum atomic E-state index is -0.933. The molecule has 0 aliphatic carbocycles. The van der Waals surface area contributed by atoms with Crippen molar-refractivity contribution in [3.63, 3.8) is 0 Å². The quantitative estimate of drug-likeness (QED) is 0.118. The van der Waals surface area contributed by atoms with E-state index in [1.165, 1.54) is 11.1 Å². The number of carboxylic acid groups (broad SMARTS) is 2. The number of hydrogen-bond acceptors (Lipinski definition) is 6. The molecule has 1 unspecified atom stereocenters. The van der Waals surface area contributed by atoms with Crippen LogP contribution in [0.25, 0.3) is 11.1 Å². The Hall–Kier alpha value is -4.63. The number of benzene rings is 4. The smallest absolute Gasteiger partial charge is 0.320 e. The average molecular weight is 586 g/mol. The van der Waals surface area contributed by atoms with Gasteiger partial charge in [0, 0.05) is 5.56 Å². The lowest BCUT2D eigenvalue weighted by atomic mass is 10.0. The highest BCUT2D eigenvalue weighted by atomic mass is 16.4. The number of carbonyl (C=O) groups excluding carboxylic acids is 1. The maximum Gasteiger partial charge on any atom is 0.320 e. The summed E-state index contributed by atoms with van der Waals surface area (Å²) in [7, 11) is 0. The number of carbonyl (C=O) groups is 3. The van der Waals surface area contributed by atoms with E-state index in [2.05, 4.69) is 24.3 Å². The van der Waals surface area contributed by atoms with Gasteiger partial charge in [0.25, 0.3) is 0 Å². The summed E-state index contributed by atoms with van der Waals surface area (Å²) in [6.45, 7) is 1.34. The third-order valence-electron chi connectivity index (χ3n) is 5.91. The van der Waals surface area contributed by atoms with Crippen LogP contribution in [0.2, 0.25) is 0 Å². The highest BCUT2D eigenvalue weighted by Crippen LogP contribution is 2.18. The van der Waals surface area contributed by atoms with Gasteiger partial charge in [-0.25, -0.2) is 0 Å². The molecule has 8 nitrogen and oxygen atoms in total. The van der Waals surface area contributed by atoms with E-state index >= 15 is 0 Å². The maximum atomic E-state index is 10.5. The van der Waals surface area contributed by atoms with Crippen LogP contribution in [0.3, 0.4) is 0 Å². The normalized spacial score (nSPS) is 10.3. The van der Waals surface area contributed by atoms with Crippen molar-refractivity contribution in [2.45, 2.75) is 38.1 Å². The molecule has 228 valence electrons. The van der Waals surface area contributed by atoms with Crippen LogP contribution in [0, 0.1) is 0 Å². The van der Waals surface area contributed by atoms with Crippen LogP contribution >= 0.6 is 0 Å². The van der Waals surface area contributed by atoms with Crippen molar-refractivity contribution < 1.29 is 24.6 Å². The second-order valence-electron chi connectivity index (χ2n) is 9.42. The maximum absolute atomic E-state index is 10.5. The average Bonchev–Trinajstić information content (AvgIpc) is 3.03. The fourth-order valence-corrected chi connectivity index (χ4v) is 3.60. The standard InChI is InChI=1S/C13H10O.C8H11N.C8H8O2.C6H14N2O2/c14-10-11-6-8-13(9-7-11)12-4-2-1-3-5-12;9-7-6-8-4-2-1-3-5-8;9-8(10)6-7-4-2-1-3-5-7;7-4-2-1-3-5(8)6(9)10/h1-10H;1-5H,6-7,9H2;1-5H,6H2,(H,9,10);5H,1-4,7-8H2,(H,9,10). The van der Waals surface area contributed by atoms with E-state index in [0.717, 1.165) is 43.2 Å². The fourth-order valence-electron chi connectivity index (χ4n) is 3.60. The van der Waals surface area contributed by atoms with Crippen LogP contribution < -0.4 is 17.2 Å². The van der Waals surface area contributed by atoms with E-state index in [1.54, 1.807) is 12.1 Å². The van der Waals surface area contributed by atoms with Crippen LogP contribution in [0.5, 0.6) is 0 Å². The monoisotopic (exact) mass is 585 g/mol. The first-order chi connectivity index (χ1) is 20.8. The summed E-state index contributed by atoms with van der Waals surface area (Å²) in [5.74, 6) is -1.72. The van der Waals surface area contributed by atoms with E-state index in [-0.39, 0.29) is 6.42 Å². The van der Waals surface area contributed by atoms with E-state index in [9.17, 15) is 14.4 Å². The van der Waals surface area contributed by atoms with Crippen molar-refractivity contribution in [1.29, 1.82) is 0 Å². The molecular formula is C35H43N3O5. The zero-order valence-electron chi connectivity index (χ0n) is 24.4. The van der Waals surface area contributed by atoms with Gasteiger partial charge in [0.15, 0.2) is 0 Å². The first kappa shape index (κ1) is 36.4. The molecule has 4 rings (SSSR count). The molecule has 0 heterocycles. The number of aliphatic carboxylic acids is 2. The molecule has 1 atom stereocenters. The summed E-state index contributed by atoms with van der Waals surface area (Å²) < 4.78 is 0. The molecule has 8 N–H and O–H groups in total. The number of aldehydes is 1. The molecule has 4 aromatic rings. The van der Waals surface area contributed by atoms with Crippen molar-refractivity contribution in [3.8, 4) is 11.1 Å². The molecule has 43 heavy (non-hydrogen) atoms. The van der Waals surface area contributed by atoms with Gasteiger partial charge >= 0.3 is 11.9 Å². The molecule has 0 aliphatic heterocycles. The summed E-state index contributed by atoms with van der Waals surface area (Å²) in [6.07, 6.45) is 4.12. The van der Waals surface area contributed by atoms with Gasteiger partial charge in [-0.05, 0) is 54.6 Å². The molecule has 0 aromatic heterocycles. The molecule has 0 radical (unpaired) electrons. The molecule has 0 aliphatic rings. The van der Waals surface area contributed by atoms with Crippen molar-refractivity contribution >= 4 is 18.2 Å². The second-order valence-corrected chi connectivity index (χ2v) is 9.42. The summed E-state index contributed by atoms with van der Waals surface area (Å²) >= 11 is 0. The highest BCUT2D eigenvalue weighted by Gasteiger charge is 2.09. The van der Waals surface area contributed by atoms with Crippen molar-refractivity contribution in [3.05, 3.63) is 132 Å². The molecular weight excluding hydrogens is 542 g/mol. The van der Waals surface area contributed by atoms with E-state index in [1.807, 2.05) is 78.9 Å². The van der Waals surface area contributed by atoms with Gasteiger partial charge in [-0.15, -0.1) is 0 Å². The zero-order valence-corrected chi connectivity index (χ0v) is 24.4. The molecule has 0 saturated carbocycles. The van der Waals surface area contributed by atoms with Crippen LogP contribution in [0.4, 0.5) is 0 Å². The molecule has 8 heteroatoms. The van der Waals surface area contributed by atoms with Crippen LogP contribution in [0.15, 0.2) is 115 Å². The van der Waals surface area contributed by atoms with Crippen LogP contribution in [-0.2, 0) is 22.4 Å². The Bertz CT molecular complexity index is 1290. The summed E-state index contributed by atoms with van der Waals surface area (Å²) in [5, 5.41) is 16.7. The van der Waals surface area contributed by atoms with Crippen LogP contribution in [-0.4, -0.2) is 47.6 Å². The Labute approximate surface area is 254 Å². The summed E-state index contributed by atoms with van der Waals surface area (Å²) in [4.78, 5) is 30.8. The van der Waals surface area contributed by atoms with Crippen molar-refractivity contribution in [2.24, 2.45) is 17.2 Å². The van der Waals surface area contributed by atoms with Gasteiger partial charge < -0.3 is 27.4 Å². The number of hydrogen-bond donors (Lipinski definition) is 5. The fraction of sp³-hybridized carbons (Fsp3) is 0.229. The van der Waals surface area contributed by atoms with E-state index in [4.69, 9.17) is 27.4 Å². The molecule has 0 saturated heterocycles. The summed E-state index contributed by atoms with van der Waals surface area (Å²) in [6, 6.07) is 36.3. The first-order valence-corrected chi connectivity index (χ1v) is 14.1. The van der Waals surface area contributed by atoms with Gasteiger partial charge in [0.2, 0.25) is 0 Å². The molecule has 0 bridgehead atoms. The number of unbranched alkanes of at least 4 members (excludes halogenated alkanes) is 1. The highest BCUT2D eigenvalue weighted by molar-refractivity contribution is 5.77. The Kier molecular flexibility index (Phi) is 19.5. The molecule has 4 aromatic carbocycles. The number of rotatable bonds is 11. The third kappa shape index (κ3) is 17.7. The number of nitrogens with two attached hydrogens (primary N) is 3. The predicted octanol–water partition coefficient (Wildman–Crippen LogP) is 5.19. The lowest BCUT2D eigenvalue weighted by Crippen LogP contribution is -2.29.